The van der Waals surface area contributed by atoms with E-state index >= 15 is 0 Å². The summed E-state index contributed by atoms with van der Waals surface area (Å²) in [5.41, 5.74) is 2.65. The lowest BCUT2D eigenvalue weighted by molar-refractivity contribution is -0.126. The molecule has 4 heterocycles. The van der Waals surface area contributed by atoms with E-state index in [-0.39, 0.29) is 18.3 Å². The minimum absolute atomic E-state index is 0.0279. The highest BCUT2D eigenvalue weighted by molar-refractivity contribution is 7.19. The summed E-state index contributed by atoms with van der Waals surface area (Å²) in [5, 5.41) is 4.79. The second-order valence-corrected chi connectivity index (χ2v) is 11.4. The van der Waals surface area contributed by atoms with Gasteiger partial charge in [-0.2, -0.15) is 0 Å². The molecule has 1 fully saturated rings. The van der Waals surface area contributed by atoms with Gasteiger partial charge in [-0.1, -0.05) is 29.8 Å². The average molecular weight is 594 g/mol. The first-order valence-corrected chi connectivity index (χ1v) is 14.7. The quantitative estimate of drug-likeness (QED) is 0.267. The summed E-state index contributed by atoms with van der Waals surface area (Å²) >= 11 is 8.11. The molecule has 11 heteroatoms. The van der Waals surface area contributed by atoms with Crippen molar-refractivity contribution in [3.63, 3.8) is 0 Å². The summed E-state index contributed by atoms with van der Waals surface area (Å²) in [6.45, 7) is 5.43. The summed E-state index contributed by atoms with van der Waals surface area (Å²) < 4.78 is 24.6. The number of anilines is 2. The van der Waals surface area contributed by atoms with Gasteiger partial charge in [-0.3, -0.25) is 9.69 Å². The Labute approximate surface area is 246 Å². The monoisotopic (exact) mass is 593 g/mol. The van der Waals surface area contributed by atoms with Crippen LogP contribution in [0.5, 0.6) is 5.75 Å². The number of carbonyl (C=O) groups is 1. The third kappa shape index (κ3) is 6.51. The molecular weight excluding hydrogens is 565 g/mol. The number of benzene rings is 2. The molecule has 41 heavy (non-hydrogen) atoms. The van der Waals surface area contributed by atoms with E-state index in [0.29, 0.717) is 29.7 Å². The van der Waals surface area contributed by atoms with Crippen molar-refractivity contribution < 1.29 is 18.7 Å². The fourth-order valence-corrected chi connectivity index (χ4v) is 6.46. The highest BCUT2D eigenvalue weighted by Gasteiger charge is 2.25. The molecule has 0 spiro atoms. The van der Waals surface area contributed by atoms with Crippen molar-refractivity contribution in [2.45, 2.75) is 19.6 Å². The standard InChI is InChI=1S/C30H29ClFN5O3S/c31-24-16-22(6-7-25(24)40-18-20-3-1-4-21(32)15-20)35-29-28-23-8-10-37(17-26(23)41-30(28)34-19-33-29)27(38)5-2-9-36-11-13-39-14-12-36/h1-7,15-16,19H,8-14,17-18H2,(H,33,34,35). The van der Waals surface area contributed by atoms with Crippen molar-refractivity contribution in [1.82, 2.24) is 19.8 Å². The average Bonchev–Trinajstić information content (AvgIpc) is 3.36. The van der Waals surface area contributed by atoms with Gasteiger partial charge in [0.1, 0.15) is 35.1 Å². The van der Waals surface area contributed by atoms with Crippen LogP contribution in [0, 0.1) is 5.82 Å². The zero-order valence-electron chi connectivity index (χ0n) is 22.3. The first kappa shape index (κ1) is 27.6. The Bertz CT molecular complexity index is 1590. The van der Waals surface area contributed by atoms with Gasteiger partial charge in [0.25, 0.3) is 0 Å². The van der Waals surface area contributed by atoms with E-state index in [0.717, 1.165) is 65.6 Å². The number of fused-ring (bicyclic) bond motifs is 3. The molecule has 0 aliphatic carbocycles. The van der Waals surface area contributed by atoms with Crippen LogP contribution in [0.2, 0.25) is 5.02 Å². The Hall–Kier alpha value is -3.57. The van der Waals surface area contributed by atoms with E-state index in [1.165, 1.54) is 17.7 Å². The van der Waals surface area contributed by atoms with Crippen LogP contribution >= 0.6 is 22.9 Å². The van der Waals surface area contributed by atoms with Gasteiger partial charge in [0.15, 0.2) is 0 Å². The third-order valence-electron chi connectivity index (χ3n) is 7.15. The van der Waals surface area contributed by atoms with Crippen molar-refractivity contribution in [3.05, 3.63) is 87.8 Å². The Balaban J connectivity index is 1.13. The number of ether oxygens (including phenoxy) is 2. The molecule has 4 aromatic rings. The largest absolute Gasteiger partial charge is 0.487 e. The number of aromatic nitrogens is 2. The number of nitrogens with one attached hydrogen (secondary N) is 1. The van der Waals surface area contributed by atoms with Gasteiger partial charge in [0.2, 0.25) is 5.91 Å². The second kappa shape index (κ2) is 12.5. The third-order valence-corrected chi connectivity index (χ3v) is 8.57. The summed E-state index contributed by atoms with van der Waals surface area (Å²) in [7, 11) is 0. The van der Waals surface area contributed by atoms with E-state index in [1.807, 2.05) is 17.0 Å². The lowest BCUT2D eigenvalue weighted by Gasteiger charge is -2.27. The zero-order chi connectivity index (χ0) is 28.2. The summed E-state index contributed by atoms with van der Waals surface area (Å²) in [6, 6.07) is 11.7. The number of amides is 1. The molecule has 2 aromatic carbocycles. The number of rotatable bonds is 8. The second-order valence-electron chi connectivity index (χ2n) is 9.92. The predicted molar refractivity (Wildman–Crippen MR) is 158 cm³/mol. The van der Waals surface area contributed by atoms with E-state index in [4.69, 9.17) is 21.1 Å². The van der Waals surface area contributed by atoms with Crippen molar-refractivity contribution >= 4 is 50.6 Å². The number of thiophene rings is 1. The van der Waals surface area contributed by atoms with Crippen molar-refractivity contribution in [3.8, 4) is 5.75 Å². The smallest absolute Gasteiger partial charge is 0.246 e. The van der Waals surface area contributed by atoms with Gasteiger partial charge >= 0.3 is 0 Å². The van der Waals surface area contributed by atoms with Gasteiger partial charge in [-0.05, 0) is 47.9 Å². The van der Waals surface area contributed by atoms with Gasteiger partial charge in [-0.25, -0.2) is 14.4 Å². The van der Waals surface area contributed by atoms with Crippen LogP contribution in [0.15, 0.2) is 60.9 Å². The minimum Gasteiger partial charge on any atom is -0.487 e. The van der Waals surface area contributed by atoms with Gasteiger partial charge in [-0.15, -0.1) is 11.3 Å². The predicted octanol–water partition coefficient (Wildman–Crippen LogP) is 5.58. The van der Waals surface area contributed by atoms with E-state index < -0.39 is 0 Å². The molecule has 0 radical (unpaired) electrons. The molecule has 1 saturated heterocycles. The Kier molecular flexibility index (Phi) is 8.43. The molecule has 1 N–H and O–H groups in total. The summed E-state index contributed by atoms with van der Waals surface area (Å²) in [6.07, 6.45) is 5.91. The number of hydrogen-bond donors (Lipinski definition) is 1. The first-order valence-electron chi connectivity index (χ1n) is 13.5. The number of nitrogens with zero attached hydrogens (tertiary/aromatic N) is 4. The van der Waals surface area contributed by atoms with Crippen LogP contribution in [0.25, 0.3) is 10.2 Å². The van der Waals surface area contributed by atoms with Crippen molar-refractivity contribution in [2.75, 3.05) is 44.7 Å². The highest BCUT2D eigenvalue weighted by atomic mass is 35.5. The molecule has 212 valence electrons. The minimum atomic E-state index is -0.306. The normalized spacial score (nSPS) is 15.8. The number of halogens is 2. The molecular formula is C30H29ClFN5O3S. The molecule has 0 atom stereocenters. The van der Waals surface area contributed by atoms with Gasteiger partial charge in [0, 0.05) is 42.8 Å². The Morgan fingerprint density at radius 2 is 2.05 bits per heavy atom. The molecule has 2 aliphatic heterocycles. The fraction of sp³-hybridized carbons (Fsp3) is 0.300. The van der Waals surface area contributed by atoms with Crippen LogP contribution in [-0.2, 0) is 29.1 Å². The Morgan fingerprint density at radius 3 is 2.88 bits per heavy atom. The maximum Gasteiger partial charge on any atom is 0.246 e. The van der Waals surface area contributed by atoms with E-state index in [2.05, 4.69) is 20.2 Å². The van der Waals surface area contributed by atoms with Gasteiger partial charge < -0.3 is 19.7 Å². The molecule has 0 saturated carbocycles. The van der Waals surface area contributed by atoms with Crippen LogP contribution in [0.4, 0.5) is 15.9 Å². The molecule has 1 amide bonds. The lowest BCUT2D eigenvalue weighted by atomic mass is 10.0. The van der Waals surface area contributed by atoms with Crippen molar-refractivity contribution in [2.24, 2.45) is 0 Å². The van der Waals surface area contributed by atoms with E-state index in [9.17, 15) is 9.18 Å². The zero-order valence-corrected chi connectivity index (χ0v) is 23.9. The maximum absolute atomic E-state index is 13.5. The topological polar surface area (TPSA) is 79.8 Å². The summed E-state index contributed by atoms with van der Waals surface area (Å²) in [4.78, 5) is 28.1. The number of carbonyl (C=O) groups excluding carboxylic acids is 1. The molecule has 2 aromatic heterocycles. The SMILES string of the molecule is O=C(C=CCN1CCOCC1)N1CCc2c(sc3ncnc(Nc4ccc(OCc5cccc(F)c5)c(Cl)c4)c23)C1. The molecule has 6 rings (SSSR count). The van der Waals surface area contributed by atoms with Crippen LogP contribution < -0.4 is 10.1 Å². The highest BCUT2D eigenvalue weighted by Crippen LogP contribution is 2.39. The first-order chi connectivity index (χ1) is 20.0. The van der Waals surface area contributed by atoms with E-state index in [1.54, 1.807) is 48.0 Å². The fourth-order valence-electron chi connectivity index (χ4n) is 5.02. The lowest BCUT2D eigenvalue weighted by Crippen LogP contribution is -2.37. The molecule has 8 nitrogen and oxygen atoms in total. The molecule has 0 unspecified atom stereocenters. The van der Waals surface area contributed by atoms with Crippen LogP contribution in [0.3, 0.4) is 0 Å². The summed E-state index contributed by atoms with van der Waals surface area (Å²) in [5.74, 6) is 0.924. The molecule has 2 aliphatic rings. The molecule has 0 bridgehead atoms. The number of hydrogen-bond acceptors (Lipinski definition) is 8. The Morgan fingerprint density at radius 1 is 1.17 bits per heavy atom. The van der Waals surface area contributed by atoms with Crippen LogP contribution in [-0.4, -0.2) is 65.1 Å². The van der Waals surface area contributed by atoms with Gasteiger partial charge in [0.05, 0.1) is 30.2 Å². The van der Waals surface area contributed by atoms with Crippen molar-refractivity contribution in [1.29, 1.82) is 0 Å². The number of morpholine rings is 1. The maximum atomic E-state index is 13.5. The van der Waals surface area contributed by atoms with Crippen LogP contribution in [0.1, 0.15) is 16.0 Å².